The molecule has 0 N–H and O–H groups in total. The molecule has 1 heterocycles. The van der Waals surface area contributed by atoms with E-state index in [1.54, 1.807) is 0 Å². The SMILES string of the molecule is CSOCC1CN(C(c2ccccc2)c2ccccc2)C1. The Balaban J connectivity index is 1.76. The topological polar surface area (TPSA) is 12.5 Å². The molecular weight excluding hydrogens is 278 g/mol. The van der Waals surface area contributed by atoms with Crippen molar-refractivity contribution in [1.29, 1.82) is 0 Å². The first kappa shape index (κ1) is 14.6. The molecule has 2 nitrogen and oxygen atoms in total. The molecule has 2 aromatic carbocycles. The Morgan fingerprint density at radius 2 is 1.52 bits per heavy atom. The van der Waals surface area contributed by atoms with Gasteiger partial charge in [-0.1, -0.05) is 60.7 Å². The van der Waals surface area contributed by atoms with Crippen LogP contribution in [0.25, 0.3) is 0 Å². The van der Waals surface area contributed by atoms with Gasteiger partial charge in [-0.25, -0.2) is 0 Å². The minimum atomic E-state index is 0.359. The molecule has 1 fully saturated rings. The van der Waals surface area contributed by atoms with Crippen LogP contribution >= 0.6 is 12.0 Å². The Hall–Kier alpha value is -1.29. The molecule has 110 valence electrons. The van der Waals surface area contributed by atoms with Gasteiger partial charge < -0.3 is 4.18 Å². The summed E-state index contributed by atoms with van der Waals surface area (Å²) < 4.78 is 5.47. The molecule has 21 heavy (non-hydrogen) atoms. The van der Waals surface area contributed by atoms with E-state index in [1.165, 1.54) is 23.2 Å². The first-order valence-electron chi connectivity index (χ1n) is 7.38. The van der Waals surface area contributed by atoms with Gasteiger partial charge in [0.15, 0.2) is 0 Å². The van der Waals surface area contributed by atoms with Gasteiger partial charge in [0.05, 0.1) is 12.6 Å². The fourth-order valence-corrected chi connectivity index (χ4v) is 3.30. The molecule has 1 aliphatic rings. The molecule has 0 bridgehead atoms. The summed E-state index contributed by atoms with van der Waals surface area (Å²) in [5.74, 6) is 0.660. The molecule has 0 atom stereocenters. The van der Waals surface area contributed by atoms with Crippen molar-refractivity contribution in [2.75, 3.05) is 26.0 Å². The highest BCUT2D eigenvalue weighted by Crippen LogP contribution is 2.34. The van der Waals surface area contributed by atoms with Gasteiger partial charge in [0.1, 0.15) is 0 Å². The zero-order chi connectivity index (χ0) is 14.5. The van der Waals surface area contributed by atoms with Gasteiger partial charge in [0.25, 0.3) is 0 Å². The summed E-state index contributed by atoms with van der Waals surface area (Å²) in [5, 5.41) is 0. The van der Waals surface area contributed by atoms with Crippen molar-refractivity contribution in [3.8, 4) is 0 Å². The number of nitrogens with zero attached hydrogens (tertiary/aromatic N) is 1. The summed E-state index contributed by atoms with van der Waals surface area (Å²) in [6, 6.07) is 21.9. The average Bonchev–Trinajstić information content (AvgIpc) is 2.51. The minimum absolute atomic E-state index is 0.359. The van der Waals surface area contributed by atoms with E-state index in [0.717, 1.165) is 19.7 Å². The lowest BCUT2D eigenvalue weighted by atomic mass is 9.91. The van der Waals surface area contributed by atoms with Gasteiger partial charge in [-0.3, -0.25) is 4.90 Å². The van der Waals surface area contributed by atoms with Gasteiger partial charge in [0, 0.05) is 25.3 Å². The van der Waals surface area contributed by atoms with Gasteiger partial charge in [-0.15, -0.1) is 0 Å². The Bertz CT molecular complexity index is 500. The first-order chi connectivity index (χ1) is 10.4. The van der Waals surface area contributed by atoms with Crippen molar-refractivity contribution in [3.05, 3.63) is 71.8 Å². The quantitative estimate of drug-likeness (QED) is 0.748. The lowest BCUT2D eigenvalue weighted by molar-refractivity contribution is 0.0430. The van der Waals surface area contributed by atoms with Gasteiger partial charge in [-0.2, -0.15) is 0 Å². The van der Waals surface area contributed by atoms with E-state index in [2.05, 4.69) is 65.6 Å². The fraction of sp³-hybridized carbons (Fsp3) is 0.333. The van der Waals surface area contributed by atoms with Gasteiger partial charge in [-0.05, 0) is 23.2 Å². The van der Waals surface area contributed by atoms with E-state index >= 15 is 0 Å². The molecule has 0 saturated carbocycles. The highest BCUT2D eigenvalue weighted by Gasteiger charge is 2.33. The fourth-order valence-electron chi connectivity index (χ4n) is 2.98. The summed E-state index contributed by atoms with van der Waals surface area (Å²) in [4.78, 5) is 2.54. The highest BCUT2D eigenvalue weighted by atomic mass is 32.2. The zero-order valence-electron chi connectivity index (χ0n) is 12.3. The van der Waals surface area contributed by atoms with Crippen molar-refractivity contribution < 1.29 is 4.18 Å². The lowest BCUT2D eigenvalue weighted by Gasteiger charge is -2.44. The molecule has 2 aromatic rings. The van der Waals surface area contributed by atoms with Crippen LogP contribution in [-0.4, -0.2) is 30.9 Å². The lowest BCUT2D eigenvalue weighted by Crippen LogP contribution is -2.50. The molecule has 0 unspecified atom stereocenters. The van der Waals surface area contributed by atoms with Crippen LogP contribution in [0.4, 0.5) is 0 Å². The van der Waals surface area contributed by atoms with Crippen LogP contribution in [0.1, 0.15) is 17.2 Å². The Kier molecular flexibility index (Phi) is 4.96. The van der Waals surface area contributed by atoms with Crippen molar-refractivity contribution in [2.24, 2.45) is 5.92 Å². The van der Waals surface area contributed by atoms with Crippen LogP contribution in [0, 0.1) is 5.92 Å². The zero-order valence-corrected chi connectivity index (χ0v) is 13.1. The predicted octanol–water partition coefficient (Wildman–Crippen LogP) is 4.00. The van der Waals surface area contributed by atoms with Crippen molar-refractivity contribution in [1.82, 2.24) is 4.90 Å². The Labute approximate surface area is 131 Å². The molecule has 1 saturated heterocycles. The van der Waals surface area contributed by atoms with E-state index in [-0.39, 0.29) is 0 Å². The Morgan fingerprint density at radius 3 is 2.00 bits per heavy atom. The summed E-state index contributed by atoms with van der Waals surface area (Å²) in [5.41, 5.74) is 2.74. The summed E-state index contributed by atoms with van der Waals surface area (Å²) in [6.45, 7) is 3.07. The van der Waals surface area contributed by atoms with Crippen LogP contribution in [0.15, 0.2) is 60.7 Å². The van der Waals surface area contributed by atoms with Crippen molar-refractivity contribution >= 4 is 12.0 Å². The molecule has 0 amide bonds. The van der Waals surface area contributed by atoms with E-state index in [1.807, 2.05) is 6.26 Å². The van der Waals surface area contributed by atoms with E-state index in [0.29, 0.717) is 12.0 Å². The average molecular weight is 299 g/mol. The maximum absolute atomic E-state index is 5.47. The first-order valence-corrected chi connectivity index (χ1v) is 8.53. The van der Waals surface area contributed by atoms with Crippen LogP contribution in [0.3, 0.4) is 0 Å². The second kappa shape index (κ2) is 7.12. The second-order valence-electron chi connectivity index (χ2n) is 5.50. The third kappa shape index (κ3) is 3.49. The number of likely N-dealkylation sites (tertiary alicyclic amines) is 1. The van der Waals surface area contributed by atoms with Gasteiger partial charge >= 0.3 is 0 Å². The second-order valence-corrected chi connectivity index (χ2v) is 6.06. The number of hydrogen-bond donors (Lipinski definition) is 0. The minimum Gasteiger partial charge on any atom is -0.315 e. The molecule has 3 rings (SSSR count). The van der Waals surface area contributed by atoms with E-state index in [9.17, 15) is 0 Å². The van der Waals surface area contributed by atoms with Gasteiger partial charge in [0.2, 0.25) is 0 Å². The molecule has 0 aliphatic carbocycles. The van der Waals surface area contributed by atoms with Crippen LogP contribution in [0.2, 0.25) is 0 Å². The maximum atomic E-state index is 5.47. The smallest absolute Gasteiger partial charge is 0.0666 e. The third-order valence-corrected chi connectivity index (χ3v) is 4.37. The summed E-state index contributed by atoms with van der Waals surface area (Å²) >= 11 is 1.46. The number of benzene rings is 2. The van der Waals surface area contributed by atoms with E-state index < -0.39 is 0 Å². The molecule has 3 heteroatoms. The predicted molar refractivity (Wildman–Crippen MR) is 89.3 cm³/mol. The monoisotopic (exact) mass is 299 g/mol. The van der Waals surface area contributed by atoms with Crippen LogP contribution in [0.5, 0.6) is 0 Å². The van der Waals surface area contributed by atoms with Crippen LogP contribution in [-0.2, 0) is 4.18 Å². The molecule has 0 radical (unpaired) electrons. The number of hydrogen-bond acceptors (Lipinski definition) is 3. The van der Waals surface area contributed by atoms with Crippen LogP contribution < -0.4 is 0 Å². The summed E-state index contributed by atoms with van der Waals surface area (Å²) in [6.07, 6.45) is 1.98. The van der Waals surface area contributed by atoms with E-state index in [4.69, 9.17) is 4.18 Å². The molecule has 1 aliphatic heterocycles. The highest BCUT2D eigenvalue weighted by molar-refractivity contribution is 7.93. The molecule has 0 aromatic heterocycles. The summed E-state index contributed by atoms with van der Waals surface area (Å²) in [7, 11) is 0. The Morgan fingerprint density at radius 1 is 1.00 bits per heavy atom. The van der Waals surface area contributed by atoms with Crippen molar-refractivity contribution in [2.45, 2.75) is 6.04 Å². The maximum Gasteiger partial charge on any atom is 0.0666 e. The molecule has 0 spiro atoms. The normalized spacial score (nSPS) is 16.1. The van der Waals surface area contributed by atoms with Crippen molar-refractivity contribution in [3.63, 3.8) is 0 Å². The third-order valence-electron chi connectivity index (χ3n) is 4.00. The molecular formula is C18H21NOS. The largest absolute Gasteiger partial charge is 0.315 e. The standard InChI is InChI=1S/C18H21NOS/c1-21-20-14-15-12-19(13-15)18(16-8-4-2-5-9-16)17-10-6-3-7-11-17/h2-11,15,18H,12-14H2,1H3. The number of rotatable bonds is 6.